The van der Waals surface area contributed by atoms with Crippen LogP contribution >= 0.6 is 23.2 Å². The highest BCUT2D eigenvalue weighted by Crippen LogP contribution is 2.15. The minimum absolute atomic E-state index is 0.00178. The van der Waals surface area contributed by atoms with E-state index in [-0.39, 0.29) is 5.60 Å². The molecule has 98 valence electrons. The largest absolute Gasteiger partial charge is 0.376 e. The van der Waals surface area contributed by atoms with Gasteiger partial charge in [-0.15, -0.1) is 23.2 Å². The lowest BCUT2D eigenvalue weighted by Gasteiger charge is -2.25. The molecule has 0 aliphatic heterocycles. The number of ether oxygens (including phenoxy) is 1. The van der Waals surface area contributed by atoms with Crippen molar-refractivity contribution in [3.05, 3.63) is 0 Å². The maximum absolute atomic E-state index is 5.76. The van der Waals surface area contributed by atoms with Crippen LogP contribution in [0.15, 0.2) is 0 Å². The van der Waals surface area contributed by atoms with E-state index in [4.69, 9.17) is 27.9 Å². The average molecular weight is 271 g/mol. The van der Waals surface area contributed by atoms with E-state index in [9.17, 15) is 0 Å². The van der Waals surface area contributed by atoms with Crippen molar-refractivity contribution in [2.24, 2.45) is 0 Å². The van der Waals surface area contributed by atoms with Crippen molar-refractivity contribution < 1.29 is 9.64 Å². The highest BCUT2D eigenvalue weighted by Gasteiger charge is 2.18. The van der Waals surface area contributed by atoms with Crippen LogP contribution in [0.1, 0.15) is 33.6 Å². The maximum atomic E-state index is 5.76. The summed E-state index contributed by atoms with van der Waals surface area (Å²) in [6.07, 6.45) is 2.25. The second-order valence-electron chi connectivity index (χ2n) is 4.67. The summed E-state index contributed by atoms with van der Waals surface area (Å²) in [7, 11) is 0. The topological polar surface area (TPSA) is 13.7 Å². The quantitative estimate of drug-likeness (QED) is 0.600. The number of hydrogen-bond donors (Lipinski definition) is 1. The van der Waals surface area contributed by atoms with Gasteiger partial charge >= 0.3 is 0 Å². The van der Waals surface area contributed by atoms with E-state index >= 15 is 0 Å². The summed E-state index contributed by atoms with van der Waals surface area (Å²) in [6, 6.07) is 0. The van der Waals surface area contributed by atoms with Crippen molar-refractivity contribution in [1.29, 1.82) is 0 Å². The van der Waals surface area contributed by atoms with Gasteiger partial charge in [0.25, 0.3) is 0 Å². The number of alkyl halides is 2. The number of rotatable bonds is 10. The number of halogens is 2. The fourth-order valence-electron chi connectivity index (χ4n) is 1.87. The van der Waals surface area contributed by atoms with Crippen LogP contribution in [0, 0.1) is 0 Å². The molecule has 2 nitrogen and oxygen atoms in total. The second kappa shape index (κ2) is 9.52. The Morgan fingerprint density at radius 3 is 2.06 bits per heavy atom. The minimum atomic E-state index is 0.00178. The molecular formula is C12H26Cl2NO+. The molecule has 0 spiro atoms. The van der Waals surface area contributed by atoms with Crippen molar-refractivity contribution >= 4 is 23.2 Å². The van der Waals surface area contributed by atoms with Gasteiger partial charge in [-0.3, -0.25) is 0 Å². The van der Waals surface area contributed by atoms with Gasteiger partial charge < -0.3 is 9.64 Å². The fourth-order valence-corrected chi connectivity index (χ4v) is 2.40. The third-order valence-electron chi connectivity index (χ3n) is 2.74. The van der Waals surface area contributed by atoms with Crippen molar-refractivity contribution in [3.8, 4) is 0 Å². The molecule has 0 aliphatic carbocycles. The summed E-state index contributed by atoms with van der Waals surface area (Å²) in [5, 5.41) is 0. The summed E-state index contributed by atoms with van der Waals surface area (Å²) < 4.78 is 5.67. The number of quaternary nitrogens is 1. The molecule has 0 atom stereocenters. The molecule has 0 aliphatic rings. The predicted molar refractivity (Wildman–Crippen MR) is 71.9 cm³/mol. The van der Waals surface area contributed by atoms with E-state index in [1.807, 2.05) is 6.92 Å². The van der Waals surface area contributed by atoms with Crippen LogP contribution in [0.2, 0.25) is 0 Å². The lowest BCUT2D eigenvalue weighted by Crippen LogP contribution is -3.12. The van der Waals surface area contributed by atoms with E-state index in [1.54, 1.807) is 0 Å². The van der Waals surface area contributed by atoms with Gasteiger partial charge in [0.2, 0.25) is 0 Å². The number of nitrogens with one attached hydrogen (secondary N) is 1. The molecule has 0 saturated heterocycles. The van der Waals surface area contributed by atoms with Crippen LogP contribution in [-0.4, -0.2) is 43.6 Å². The molecule has 0 fully saturated rings. The monoisotopic (exact) mass is 270 g/mol. The zero-order valence-corrected chi connectivity index (χ0v) is 12.3. The van der Waals surface area contributed by atoms with E-state index in [2.05, 4.69) is 13.8 Å². The molecule has 4 heteroatoms. The molecule has 0 aromatic carbocycles. The standard InChI is InChI=1S/C12H25Cl2NO/c1-4-16-12(2,3)6-5-9-15(10-7-13)11-8-14/h4-11H2,1-3H3/p+1. The summed E-state index contributed by atoms with van der Waals surface area (Å²) in [5.74, 6) is 1.42. The Balaban J connectivity index is 3.75. The Kier molecular flexibility index (Phi) is 9.82. The van der Waals surface area contributed by atoms with Crippen LogP contribution in [0.3, 0.4) is 0 Å². The molecule has 0 unspecified atom stereocenters. The maximum Gasteiger partial charge on any atom is 0.0908 e. The van der Waals surface area contributed by atoms with Crippen LogP contribution in [-0.2, 0) is 4.74 Å². The van der Waals surface area contributed by atoms with Gasteiger partial charge in [-0.25, -0.2) is 0 Å². The minimum Gasteiger partial charge on any atom is -0.376 e. The molecule has 1 N–H and O–H groups in total. The fraction of sp³-hybridized carbons (Fsp3) is 1.00. The molecule has 16 heavy (non-hydrogen) atoms. The van der Waals surface area contributed by atoms with Crippen molar-refractivity contribution in [3.63, 3.8) is 0 Å². The Hall–Kier alpha value is 0.500. The van der Waals surface area contributed by atoms with E-state index < -0.39 is 0 Å². The molecule has 0 rings (SSSR count). The van der Waals surface area contributed by atoms with Gasteiger partial charge in [0.15, 0.2) is 0 Å². The third-order valence-corrected chi connectivity index (χ3v) is 3.12. The lowest BCUT2D eigenvalue weighted by atomic mass is 10.0. The first-order valence-corrected chi connectivity index (χ1v) is 7.22. The molecular weight excluding hydrogens is 245 g/mol. The van der Waals surface area contributed by atoms with Gasteiger partial charge in [-0.2, -0.15) is 0 Å². The lowest BCUT2D eigenvalue weighted by molar-refractivity contribution is -0.895. The molecule has 0 saturated carbocycles. The molecule has 0 radical (unpaired) electrons. The van der Waals surface area contributed by atoms with Crippen LogP contribution in [0.25, 0.3) is 0 Å². The summed E-state index contributed by atoms with van der Waals surface area (Å²) in [4.78, 5) is 1.50. The smallest absolute Gasteiger partial charge is 0.0908 e. The van der Waals surface area contributed by atoms with Crippen LogP contribution in [0.5, 0.6) is 0 Å². The first-order valence-electron chi connectivity index (χ1n) is 6.15. The Morgan fingerprint density at radius 2 is 1.62 bits per heavy atom. The Bertz CT molecular complexity index is 159. The summed E-state index contributed by atoms with van der Waals surface area (Å²) in [5.41, 5.74) is 0.00178. The molecule has 0 aromatic heterocycles. The molecule has 0 heterocycles. The van der Waals surface area contributed by atoms with Crippen LogP contribution < -0.4 is 4.90 Å². The molecule has 0 aromatic rings. The van der Waals surface area contributed by atoms with Gasteiger partial charge in [0.1, 0.15) is 0 Å². The van der Waals surface area contributed by atoms with E-state index in [1.165, 1.54) is 4.90 Å². The van der Waals surface area contributed by atoms with E-state index in [0.29, 0.717) is 11.8 Å². The summed E-state index contributed by atoms with van der Waals surface area (Å²) >= 11 is 11.5. The highest BCUT2D eigenvalue weighted by atomic mass is 35.5. The van der Waals surface area contributed by atoms with Gasteiger partial charge in [0.05, 0.1) is 37.0 Å². The van der Waals surface area contributed by atoms with Crippen LogP contribution in [0.4, 0.5) is 0 Å². The first kappa shape index (κ1) is 16.5. The first-order chi connectivity index (χ1) is 7.55. The average Bonchev–Trinajstić information content (AvgIpc) is 2.18. The zero-order chi connectivity index (χ0) is 12.4. The molecule has 0 amide bonds. The van der Waals surface area contributed by atoms with Crippen molar-refractivity contribution in [2.75, 3.05) is 38.0 Å². The SMILES string of the molecule is CCOC(C)(C)CCC[NH+](CCCl)CCCl. The van der Waals surface area contributed by atoms with Gasteiger partial charge in [-0.1, -0.05) is 0 Å². The van der Waals surface area contributed by atoms with Gasteiger partial charge in [-0.05, 0) is 33.6 Å². The number of hydrogen-bond acceptors (Lipinski definition) is 1. The van der Waals surface area contributed by atoms with Gasteiger partial charge in [0, 0.05) is 6.61 Å². The Morgan fingerprint density at radius 1 is 1.06 bits per heavy atom. The third kappa shape index (κ3) is 8.63. The highest BCUT2D eigenvalue weighted by molar-refractivity contribution is 6.18. The second-order valence-corrected chi connectivity index (χ2v) is 5.43. The molecule has 0 bridgehead atoms. The van der Waals surface area contributed by atoms with Crippen molar-refractivity contribution in [1.82, 2.24) is 0 Å². The summed E-state index contributed by atoms with van der Waals surface area (Å²) in [6.45, 7) is 10.3. The Labute approximate surface area is 110 Å². The zero-order valence-electron chi connectivity index (χ0n) is 10.8. The van der Waals surface area contributed by atoms with Crippen molar-refractivity contribution in [2.45, 2.75) is 39.2 Å². The van der Waals surface area contributed by atoms with E-state index in [0.717, 1.165) is 39.1 Å². The predicted octanol–water partition coefficient (Wildman–Crippen LogP) is 1.94. The normalized spacial score (nSPS) is 12.4.